The van der Waals surface area contributed by atoms with Gasteiger partial charge in [0.1, 0.15) is 0 Å². The van der Waals surface area contributed by atoms with Crippen molar-refractivity contribution in [3.05, 3.63) is 30.1 Å². The average molecular weight is 273 g/mol. The molecule has 1 nitrogen and oxygen atoms in total. The van der Waals surface area contributed by atoms with Gasteiger partial charge in [-0.1, -0.05) is 38.2 Å². The number of unbranched alkanes of at least 4 members (excludes halogenated alkanes) is 6. The van der Waals surface area contributed by atoms with Gasteiger partial charge in [-0.3, -0.25) is 4.98 Å². The summed E-state index contributed by atoms with van der Waals surface area (Å²) in [4.78, 5) is 4.06. The summed E-state index contributed by atoms with van der Waals surface area (Å²) in [5, 5.41) is 0. The van der Waals surface area contributed by atoms with Crippen molar-refractivity contribution < 1.29 is 13.2 Å². The second-order valence-electron chi connectivity index (χ2n) is 4.95. The zero-order chi connectivity index (χ0) is 14.0. The van der Waals surface area contributed by atoms with E-state index in [-0.39, 0.29) is 6.42 Å². The first kappa shape index (κ1) is 16.0. The van der Waals surface area contributed by atoms with Crippen LogP contribution in [0.25, 0.3) is 0 Å². The fourth-order valence-corrected chi connectivity index (χ4v) is 2.08. The Morgan fingerprint density at radius 3 is 2.11 bits per heavy atom. The lowest BCUT2D eigenvalue weighted by Crippen LogP contribution is -2.06. The molecule has 1 rings (SSSR count). The van der Waals surface area contributed by atoms with E-state index in [1.807, 2.05) is 12.3 Å². The summed E-state index contributed by atoms with van der Waals surface area (Å²) < 4.78 is 35.7. The normalized spacial score (nSPS) is 11.7. The van der Waals surface area contributed by atoms with E-state index in [2.05, 4.69) is 11.1 Å². The lowest BCUT2D eigenvalue weighted by atomic mass is 10.0. The number of aryl methyl sites for hydroxylation is 1. The highest BCUT2D eigenvalue weighted by atomic mass is 19.4. The molecule has 0 aromatic carbocycles. The van der Waals surface area contributed by atoms with Gasteiger partial charge in [-0.15, -0.1) is 0 Å². The molecule has 108 valence electrons. The van der Waals surface area contributed by atoms with Crippen LogP contribution in [-0.2, 0) is 6.42 Å². The summed E-state index contributed by atoms with van der Waals surface area (Å²) in [6.07, 6.45) is 6.42. The molecule has 0 atom stereocenters. The van der Waals surface area contributed by atoms with Gasteiger partial charge in [0.15, 0.2) is 0 Å². The SMILES string of the molecule is FC(F)(F)CCCCCCCCCc1cccnc1. The second kappa shape index (κ2) is 8.94. The van der Waals surface area contributed by atoms with Gasteiger partial charge < -0.3 is 0 Å². The fraction of sp³-hybridized carbons (Fsp3) is 0.667. The predicted molar refractivity (Wildman–Crippen MR) is 70.9 cm³/mol. The molecule has 0 amide bonds. The highest BCUT2D eigenvalue weighted by molar-refractivity contribution is 5.08. The molecule has 1 heterocycles. The fourth-order valence-electron chi connectivity index (χ4n) is 2.08. The summed E-state index contributed by atoms with van der Waals surface area (Å²) in [7, 11) is 0. The zero-order valence-corrected chi connectivity index (χ0v) is 11.3. The van der Waals surface area contributed by atoms with Crippen LogP contribution in [0.1, 0.15) is 56.9 Å². The van der Waals surface area contributed by atoms with Crippen LogP contribution in [0, 0.1) is 0 Å². The van der Waals surface area contributed by atoms with Crippen molar-refractivity contribution in [2.24, 2.45) is 0 Å². The Labute approximate surface area is 113 Å². The largest absolute Gasteiger partial charge is 0.389 e. The summed E-state index contributed by atoms with van der Waals surface area (Å²) in [6.45, 7) is 0. The number of halogens is 3. The van der Waals surface area contributed by atoms with Crippen LogP contribution in [0.15, 0.2) is 24.5 Å². The van der Waals surface area contributed by atoms with Gasteiger partial charge in [-0.2, -0.15) is 13.2 Å². The number of nitrogens with zero attached hydrogens (tertiary/aromatic N) is 1. The maximum Gasteiger partial charge on any atom is 0.389 e. The molecule has 0 bridgehead atoms. The average Bonchev–Trinajstić information content (AvgIpc) is 2.37. The molecule has 1 aromatic heterocycles. The summed E-state index contributed by atoms with van der Waals surface area (Å²) in [6, 6.07) is 4.01. The predicted octanol–water partition coefficient (Wildman–Crippen LogP) is 5.31. The maximum atomic E-state index is 11.9. The first-order valence-electron chi connectivity index (χ1n) is 7.03. The Balaban J connectivity index is 1.87. The minimum atomic E-state index is -3.98. The number of rotatable bonds is 9. The van der Waals surface area contributed by atoms with Crippen molar-refractivity contribution >= 4 is 0 Å². The van der Waals surface area contributed by atoms with Crippen LogP contribution in [0.5, 0.6) is 0 Å². The molecular weight excluding hydrogens is 251 g/mol. The van der Waals surface area contributed by atoms with Crippen LogP contribution in [-0.4, -0.2) is 11.2 Å². The van der Waals surface area contributed by atoms with E-state index in [0.29, 0.717) is 6.42 Å². The molecule has 0 spiro atoms. The lowest BCUT2D eigenvalue weighted by molar-refractivity contribution is -0.135. The van der Waals surface area contributed by atoms with Gasteiger partial charge in [0.2, 0.25) is 0 Å². The summed E-state index contributed by atoms with van der Waals surface area (Å²) in [5.74, 6) is 0. The van der Waals surface area contributed by atoms with Crippen molar-refractivity contribution in [1.29, 1.82) is 0 Å². The molecule has 0 N–H and O–H groups in total. The molecule has 19 heavy (non-hydrogen) atoms. The van der Waals surface area contributed by atoms with E-state index in [0.717, 1.165) is 38.5 Å². The number of pyridine rings is 1. The molecule has 0 radical (unpaired) electrons. The van der Waals surface area contributed by atoms with Crippen molar-refractivity contribution in [1.82, 2.24) is 4.98 Å². The van der Waals surface area contributed by atoms with Crippen molar-refractivity contribution in [2.45, 2.75) is 64.0 Å². The van der Waals surface area contributed by atoms with Crippen LogP contribution in [0.3, 0.4) is 0 Å². The Bertz CT molecular complexity index is 322. The molecule has 0 saturated heterocycles. The van der Waals surface area contributed by atoms with Gasteiger partial charge in [0, 0.05) is 18.8 Å². The van der Waals surface area contributed by atoms with Gasteiger partial charge in [0.05, 0.1) is 0 Å². The monoisotopic (exact) mass is 273 g/mol. The van der Waals surface area contributed by atoms with Crippen LogP contribution in [0.2, 0.25) is 0 Å². The van der Waals surface area contributed by atoms with Crippen LogP contribution < -0.4 is 0 Å². The van der Waals surface area contributed by atoms with E-state index < -0.39 is 12.6 Å². The molecular formula is C15H22F3N. The Morgan fingerprint density at radius 2 is 1.53 bits per heavy atom. The number of aromatic nitrogens is 1. The van der Waals surface area contributed by atoms with Gasteiger partial charge in [-0.25, -0.2) is 0 Å². The molecule has 1 aromatic rings. The number of hydrogen-bond donors (Lipinski definition) is 0. The first-order chi connectivity index (χ1) is 9.08. The topological polar surface area (TPSA) is 12.9 Å². The van der Waals surface area contributed by atoms with E-state index in [4.69, 9.17) is 0 Å². The van der Waals surface area contributed by atoms with Gasteiger partial charge in [0.25, 0.3) is 0 Å². The third-order valence-electron chi connectivity index (χ3n) is 3.15. The summed E-state index contributed by atoms with van der Waals surface area (Å²) in [5.41, 5.74) is 1.26. The maximum absolute atomic E-state index is 11.9. The second-order valence-corrected chi connectivity index (χ2v) is 4.95. The Kier molecular flexibility index (Phi) is 7.53. The standard InChI is InChI=1S/C15H22F3N/c16-15(17,18)11-7-5-3-1-2-4-6-9-14-10-8-12-19-13-14/h8,10,12-13H,1-7,9,11H2. The minimum Gasteiger partial charge on any atom is -0.264 e. The highest BCUT2D eigenvalue weighted by Crippen LogP contribution is 2.23. The zero-order valence-electron chi connectivity index (χ0n) is 11.3. The Morgan fingerprint density at radius 1 is 0.895 bits per heavy atom. The van der Waals surface area contributed by atoms with Crippen LogP contribution in [0.4, 0.5) is 13.2 Å². The Hall–Kier alpha value is -1.06. The molecule has 0 fully saturated rings. The van der Waals surface area contributed by atoms with Crippen molar-refractivity contribution in [3.63, 3.8) is 0 Å². The quantitative estimate of drug-likeness (QED) is 0.556. The van der Waals surface area contributed by atoms with Gasteiger partial charge in [-0.05, 0) is 30.9 Å². The smallest absolute Gasteiger partial charge is 0.264 e. The van der Waals surface area contributed by atoms with E-state index in [1.165, 1.54) is 5.56 Å². The van der Waals surface area contributed by atoms with E-state index >= 15 is 0 Å². The number of hydrogen-bond acceptors (Lipinski definition) is 1. The molecule has 0 aliphatic heterocycles. The lowest BCUT2D eigenvalue weighted by Gasteiger charge is -2.05. The molecule has 0 aliphatic rings. The van der Waals surface area contributed by atoms with Crippen LogP contribution >= 0.6 is 0 Å². The third kappa shape index (κ3) is 9.51. The summed E-state index contributed by atoms with van der Waals surface area (Å²) >= 11 is 0. The molecule has 4 heteroatoms. The van der Waals surface area contributed by atoms with Gasteiger partial charge >= 0.3 is 6.18 Å². The molecule has 0 unspecified atom stereocenters. The first-order valence-corrected chi connectivity index (χ1v) is 7.03. The van der Waals surface area contributed by atoms with E-state index in [9.17, 15) is 13.2 Å². The van der Waals surface area contributed by atoms with Crippen molar-refractivity contribution in [2.75, 3.05) is 0 Å². The van der Waals surface area contributed by atoms with Crippen molar-refractivity contribution in [3.8, 4) is 0 Å². The third-order valence-corrected chi connectivity index (χ3v) is 3.15. The molecule has 0 aliphatic carbocycles. The number of alkyl halides is 3. The van der Waals surface area contributed by atoms with E-state index in [1.54, 1.807) is 6.20 Å². The molecule has 0 saturated carbocycles. The minimum absolute atomic E-state index is 0.277. The highest BCUT2D eigenvalue weighted by Gasteiger charge is 2.25.